The maximum absolute atomic E-state index is 11.6. The van der Waals surface area contributed by atoms with Crippen LogP contribution in [0.3, 0.4) is 0 Å². The Kier molecular flexibility index (Phi) is 7.25. The molecule has 0 aliphatic heterocycles. The van der Waals surface area contributed by atoms with Crippen LogP contribution >= 0.6 is 0 Å². The summed E-state index contributed by atoms with van der Waals surface area (Å²) in [5, 5.41) is 5.39. The molecule has 0 fully saturated rings. The number of para-hydroxylation sites is 1. The molecule has 0 aromatic heterocycles. The van der Waals surface area contributed by atoms with E-state index >= 15 is 0 Å². The summed E-state index contributed by atoms with van der Waals surface area (Å²) < 4.78 is 5.42. The number of ether oxygens (including phenoxy) is 1. The van der Waals surface area contributed by atoms with Gasteiger partial charge in [0.2, 0.25) is 5.91 Å². The normalized spacial score (nSPS) is 10.3. The molecule has 1 aromatic carbocycles. The number of amides is 2. The van der Waals surface area contributed by atoms with Crippen LogP contribution in [0.1, 0.15) is 25.8 Å². The minimum absolute atomic E-state index is 0.0836. The molecule has 0 heterocycles. The standard InChI is InChI=1S/C15H23N3O3/c1-11(2)18-14(19)7-8-17-15(20)10-21-13-6-4-3-5-12(13)9-16/h3-6,11H,7-10,16H2,1-2H3,(H,17,20)(H,18,19). The maximum atomic E-state index is 11.6. The second kappa shape index (κ2) is 8.97. The monoisotopic (exact) mass is 293 g/mol. The van der Waals surface area contributed by atoms with Crippen LogP contribution in [0, 0.1) is 0 Å². The van der Waals surface area contributed by atoms with Crippen molar-refractivity contribution >= 4 is 11.8 Å². The van der Waals surface area contributed by atoms with Gasteiger partial charge in [-0.2, -0.15) is 0 Å². The Morgan fingerprint density at radius 2 is 1.95 bits per heavy atom. The Bertz CT molecular complexity index is 475. The van der Waals surface area contributed by atoms with Crippen molar-refractivity contribution in [2.24, 2.45) is 5.73 Å². The van der Waals surface area contributed by atoms with Crippen LogP contribution < -0.4 is 21.1 Å². The Balaban J connectivity index is 2.27. The van der Waals surface area contributed by atoms with E-state index in [4.69, 9.17) is 10.5 Å². The molecule has 1 aromatic rings. The molecule has 0 saturated heterocycles. The molecular weight excluding hydrogens is 270 g/mol. The van der Waals surface area contributed by atoms with Crippen LogP contribution in [0.25, 0.3) is 0 Å². The fraction of sp³-hybridized carbons (Fsp3) is 0.467. The molecule has 0 unspecified atom stereocenters. The van der Waals surface area contributed by atoms with Crippen LogP contribution in [-0.2, 0) is 16.1 Å². The number of carbonyl (C=O) groups excluding carboxylic acids is 2. The van der Waals surface area contributed by atoms with Gasteiger partial charge in [0.05, 0.1) is 0 Å². The average molecular weight is 293 g/mol. The highest BCUT2D eigenvalue weighted by Crippen LogP contribution is 2.16. The van der Waals surface area contributed by atoms with E-state index in [1.54, 1.807) is 6.07 Å². The van der Waals surface area contributed by atoms with Crippen molar-refractivity contribution in [1.82, 2.24) is 10.6 Å². The van der Waals surface area contributed by atoms with Crippen LogP contribution in [0.15, 0.2) is 24.3 Å². The lowest BCUT2D eigenvalue weighted by Crippen LogP contribution is -2.35. The van der Waals surface area contributed by atoms with E-state index in [9.17, 15) is 9.59 Å². The number of hydrogen-bond donors (Lipinski definition) is 3. The number of nitrogens with two attached hydrogens (primary N) is 1. The van der Waals surface area contributed by atoms with Crippen molar-refractivity contribution in [1.29, 1.82) is 0 Å². The Morgan fingerprint density at radius 1 is 1.24 bits per heavy atom. The van der Waals surface area contributed by atoms with Gasteiger partial charge in [0, 0.05) is 31.1 Å². The summed E-state index contributed by atoms with van der Waals surface area (Å²) in [6.45, 7) is 4.33. The molecule has 21 heavy (non-hydrogen) atoms. The topological polar surface area (TPSA) is 93.5 Å². The zero-order valence-corrected chi connectivity index (χ0v) is 12.5. The first-order valence-electron chi connectivity index (χ1n) is 6.99. The summed E-state index contributed by atoms with van der Waals surface area (Å²) in [4.78, 5) is 23.0. The summed E-state index contributed by atoms with van der Waals surface area (Å²) in [7, 11) is 0. The van der Waals surface area contributed by atoms with Gasteiger partial charge in [-0.05, 0) is 19.9 Å². The van der Waals surface area contributed by atoms with E-state index < -0.39 is 0 Å². The molecule has 6 heteroatoms. The maximum Gasteiger partial charge on any atom is 0.257 e. The Morgan fingerprint density at radius 3 is 2.62 bits per heavy atom. The second-order valence-corrected chi connectivity index (χ2v) is 4.92. The molecular formula is C15H23N3O3. The van der Waals surface area contributed by atoms with Gasteiger partial charge in [-0.15, -0.1) is 0 Å². The predicted molar refractivity (Wildman–Crippen MR) is 80.7 cm³/mol. The third-order valence-corrected chi connectivity index (χ3v) is 2.68. The summed E-state index contributed by atoms with van der Waals surface area (Å²) >= 11 is 0. The molecule has 0 atom stereocenters. The molecule has 0 bridgehead atoms. The lowest BCUT2D eigenvalue weighted by molar-refractivity contribution is -0.123. The first kappa shape index (κ1) is 17.0. The molecule has 6 nitrogen and oxygen atoms in total. The first-order chi connectivity index (χ1) is 10.0. The second-order valence-electron chi connectivity index (χ2n) is 4.92. The number of rotatable bonds is 8. The van der Waals surface area contributed by atoms with Gasteiger partial charge in [-0.1, -0.05) is 18.2 Å². The van der Waals surface area contributed by atoms with Crippen molar-refractivity contribution in [3.8, 4) is 5.75 Å². The molecule has 116 valence electrons. The van der Waals surface area contributed by atoms with E-state index in [1.165, 1.54) is 0 Å². The minimum atomic E-state index is -0.265. The zero-order valence-electron chi connectivity index (χ0n) is 12.5. The van der Waals surface area contributed by atoms with Crippen molar-refractivity contribution in [3.63, 3.8) is 0 Å². The van der Waals surface area contributed by atoms with Crippen molar-refractivity contribution < 1.29 is 14.3 Å². The summed E-state index contributed by atoms with van der Waals surface area (Å²) in [5.74, 6) is 0.256. The minimum Gasteiger partial charge on any atom is -0.483 e. The first-order valence-corrected chi connectivity index (χ1v) is 6.99. The van der Waals surface area contributed by atoms with Gasteiger partial charge in [0.1, 0.15) is 5.75 Å². The molecule has 2 amide bonds. The largest absolute Gasteiger partial charge is 0.483 e. The van der Waals surface area contributed by atoms with E-state index in [1.807, 2.05) is 32.0 Å². The third-order valence-electron chi connectivity index (χ3n) is 2.68. The zero-order chi connectivity index (χ0) is 15.7. The van der Waals surface area contributed by atoms with E-state index in [2.05, 4.69) is 10.6 Å². The number of benzene rings is 1. The van der Waals surface area contributed by atoms with Gasteiger partial charge in [0.25, 0.3) is 5.91 Å². The van der Waals surface area contributed by atoms with E-state index in [-0.39, 0.29) is 30.9 Å². The van der Waals surface area contributed by atoms with Gasteiger partial charge in [-0.3, -0.25) is 9.59 Å². The van der Waals surface area contributed by atoms with Crippen molar-refractivity contribution in [2.45, 2.75) is 32.9 Å². The highest BCUT2D eigenvalue weighted by atomic mass is 16.5. The fourth-order valence-corrected chi connectivity index (χ4v) is 1.72. The predicted octanol–water partition coefficient (Wildman–Crippen LogP) is 0.555. The summed E-state index contributed by atoms with van der Waals surface area (Å²) in [6, 6.07) is 7.41. The number of hydrogen-bond acceptors (Lipinski definition) is 4. The lowest BCUT2D eigenvalue weighted by Gasteiger charge is -2.11. The van der Waals surface area contributed by atoms with Gasteiger partial charge in [-0.25, -0.2) is 0 Å². The highest BCUT2D eigenvalue weighted by Gasteiger charge is 2.07. The van der Waals surface area contributed by atoms with Gasteiger partial charge >= 0.3 is 0 Å². The number of carbonyl (C=O) groups is 2. The molecule has 0 aliphatic rings. The quantitative estimate of drug-likeness (QED) is 0.652. The van der Waals surface area contributed by atoms with E-state index in [0.29, 0.717) is 18.8 Å². The molecule has 4 N–H and O–H groups in total. The van der Waals surface area contributed by atoms with Crippen LogP contribution in [0.2, 0.25) is 0 Å². The Hall–Kier alpha value is -2.08. The van der Waals surface area contributed by atoms with Crippen molar-refractivity contribution in [2.75, 3.05) is 13.2 Å². The smallest absolute Gasteiger partial charge is 0.257 e. The van der Waals surface area contributed by atoms with Crippen LogP contribution in [-0.4, -0.2) is 31.0 Å². The highest BCUT2D eigenvalue weighted by molar-refractivity contribution is 5.79. The molecule has 0 aliphatic carbocycles. The molecule has 0 saturated carbocycles. The fourth-order valence-electron chi connectivity index (χ4n) is 1.72. The van der Waals surface area contributed by atoms with Crippen LogP contribution in [0.4, 0.5) is 0 Å². The average Bonchev–Trinajstić information content (AvgIpc) is 2.44. The van der Waals surface area contributed by atoms with E-state index in [0.717, 1.165) is 5.56 Å². The van der Waals surface area contributed by atoms with Crippen molar-refractivity contribution in [3.05, 3.63) is 29.8 Å². The molecule has 0 spiro atoms. The SMILES string of the molecule is CC(C)NC(=O)CCNC(=O)COc1ccccc1CN. The van der Waals surface area contributed by atoms with Crippen LogP contribution in [0.5, 0.6) is 5.75 Å². The molecule has 0 radical (unpaired) electrons. The molecule has 1 rings (SSSR count). The third kappa shape index (κ3) is 6.76. The van der Waals surface area contributed by atoms with Gasteiger partial charge in [0.15, 0.2) is 6.61 Å². The number of nitrogens with one attached hydrogen (secondary N) is 2. The summed E-state index contributed by atoms with van der Waals surface area (Å²) in [5.41, 5.74) is 6.43. The van der Waals surface area contributed by atoms with Gasteiger partial charge < -0.3 is 21.1 Å². The lowest BCUT2D eigenvalue weighted by atomic mass is 10.2. The summed E-state index contributed by atoms with van der Waals surface area (Å²) in [6.07, 6.45) is 0.253. The Labute approximate surface area is 125 Å².